The van der Waals surface area contributed by atoms with Crippen LogP contribution in [-0.4, -0.2) is 66.8 Å². The molecule has 2 heterocycles. The fourth-order valence-corrected chi connectivity index (χ4v) is 3.05. The zero-order valence-electron chi connectivity index (χ0n) is 13.3. The van der Waals surface area contributed by atoms with E-state index in [0.717, 1.165) is 30.6 Å². The number of ether oxygens (including phenoxy) is 1. The number of rotatable bonds is 6. The number of fused-ring (bicyclic) bond motifs is 1. The van der Waals surface area contributed by atoms with E-state index in [1.807, 2.05) is 19.2 Å². The summed E-state index contributed by atoms with van der Waals surface area (Å²) in [6.07, 6.45) is 1.75. The Morgan fingerprint density at radius 3 is 3.13 bits per heavy atom. The van der Waals surface area contributed by atoms with Crippen LogP contribution in [0.3, 0.4) is 0 Å². The van der Waals surface area contributed by atoms with E-state index in [1.165, 1.54) is 5.56 Å². The average molecular weight is 318 g/mol. The van der Waals surface area contributed by atoms with Crippen LogP contribution < -0.4 is 0 Å². The van der Waals surface area contributed by atoms with E-state index >= 15 is 0 Å². The maximum Gasteiger partial charge on any atom is 0.317 e. The van der Waals surface area contributed by atoms with Crippen LogP contribution in [0.5, 0.6) is 0 Å². The maximum atomic E-state index is 10.7. The summed E-state index contributed by atoms with van der Waals surface area (Å²) in [5.41, 5.74) is 2.15. The van der Waals surface area contributed by atoms with Gasteiger partial charge in [0.15, 0.2) is 0 Å². The molecule has 1 saturated heterocycles. The number of hydrogen-bond acceptors (Lipinski definition) is 5. The molecule has 3 rings (SSSR count). The molecular weight excluding hydrogens is 296 g/mol. The second kappa shape index (κ2) is 7.12. The Kier molecular flexibility index (Phi) is 4.95. The maximum absolute atomic E-state index is 10.7. The highest BCUT2D eigenvalue weighted by Gasteiger charge is 2.22. The Hall–Kier alpha value is -1.89. The van der Waals surface area contributed by atoms with Crippen molar-refractivity contribution < 1.29 is 19.1 Å². The van der Waals surface area contributed by atoms with E-state index in [4.69, 9.17) is 14.3 Å². The summed E-state index contributed by atoms with van der Waals surface area (Å²) < 4.78 is 11.1. The summed E-state index contributed by atoms with van der Waals surface area (Å²) in [6.45, 7) is 3.92. The van der Waals surface area contributed by atoms with Gasteiger partial charge in [-0.3, -0.25) is 14.6 Å². The molecule has 0 bridgehead atoms. The first-order chi connectivity index (χ1) is 11.1. The van der Waals surface area contributed by atoms with Crippen LogP contribution in [-0.2, 0) is 16.1 Å². The van der Waals surface area contributed by atoms with Crippen LogP contribution in [0.1, 0.15) is 5.56 Å². The van der Waals surface area contributed by atoms with Gasteiger partial charge in [0.25, 0.3) is 0 Å². The number of carbonyl (C=O) groups is 1. The zero-order chi connectivity index (χ0) is 16.2. The minimum atomic E-state index is -0.811. The molecular formula is C17H22N2O4. The number of aliphatic carboxylic acids is 1. The molecule has 1 aliphatic heterocycles. The Morgan fingerprint density at radius 1 is 1.43 bits per heavy atom. The van der Waals surface area contributed by atoms with Crippen molar-refractivity contribution >= 4 is 16.9 Å². The SMILES string of the molecule is CN(CC(=O)O)CC1CN(Cc2ccc3occc3c2)CCO1. The number of nitrogens with zero attached hydrogens (tertiary/aromatic N) is 2. The molecule has 1 aliphatic rings. The molecule has 2 aromatic rings. The van der Waals surface area contributed by atoms with Crippen LogP contribution in [0.4, 0.5) is 0 Å². The smallest absolute Gasteiger partial charge is 0.317 e. The standard InChI is InChI=1S/C17H22N2O4/c1-18(12-17(20)21)10-15-11-19(5-7-22-15)9-13-2-3-16-14(8-13)4-6-23-16/h2-4,6,8,15H,5,7,9-12H2,1H3,(H,20,21). The highest BCUT2D eigenvalue weighted by Crippen LogP contribution is 2.19. The lowest BCUT2D eigenvalue weighted by molar-refractivity contribution is -0.138. The first-order valence-electron chi connectivity index (χ1n) is 7.80. The molecule has 1 unspecified atom stereocenters. The average Bonchev–Trinajstić information content (AvgIpc) is 2.94. The molecule has 0 spiro atoms. The molecule has 0 amide bonds. The molecule has 0 saturated carbocycles. The number of benzene rings is 1. The van der Waals surface area contributed by atoms with Gasteiger partial charge >= 0.3 is 5.97 Å². The van der Waals surface area contributed by atoms with Crippen LogP contribution in [0.2, 0.25) is 0 Å². The lowest BCUT2D eigenvalue weighted by atomic mass is 10.1. The summed E-state index contributed by atoms with van der Waals surface area (Å²) >= 11 is 0. The molecule has 0 radical (unpaired) electrons. The topological polar surface area (TPSA) is 66.2 Å². The van der Waals surface area contributed by atoms with Gasteiger partial charge in [0, 0.05) is 31.6 Å². The van der Waals surface area contributed by atoms with E-state index in [9.17, 15) is 4.79 Å². The third-order valence-electron chi connectivity index (χ3n) is 4.07. The predicted octanol–water partition coefficient (Wildman–Crippen LogP) is 1.65. The normalized spacial score (nSPS) is 19.5. The fourth-order valence-electron chi connectivity index (χ4n) is 3.05. The van der Waals surface area contributed by atoms with Crippen molar-refractivity contribution in [3.63, 3.8) is 0 Å². The van der Waals surface area contributed by atoms with Gasteiger partial charge in [0.1, 0.15) is 5.58 Å². The summed E-state index contributed by atoms with van der Waals surface area (Å²) in [6, 6.07) is 8.22. The van der Waals surface area contributed by atoms with E-state index in [-0.39, 0.29) is 12.6 Å². The van der Waals surface area contributed by atoms with Gasteiger partial charge in [-0.15, -0.1) is 0 Å². The minimum Gasteiger partial charge on any atom is -0.480 e. The molecule has 1 atom stereocenters. The Labute approximate surface area is 135 Å². The third kappa shape index (κ3) is 4.31. The number of furan rings is 1. The van der Waals surface area contributed by atoms with Gasteiger partial charge < -0.3 is 14.3 Å². The number of likely N-dealkylation sites (N-methyl/N-ethyl adjacent to an activating group) is 1. The van der Waals surface area contributed by atoms with E-state index in [0.29, 0.717) is 13.2 Å². The van der Waals surface area contributed by atoms with Gasteiger partial charge in [0.2, 0.25) is 0 Å². The van der Waals surface area contributed by atoms with Gasteiger partial charge in [0.05, 0.1) is 25.5 Å². The minimum absolute atomic E-state index is 0.0387. The fraction of sp³-hybridized carbons (Fsp3) is 0.471. The number of hydrogen-bond donors (Lipinski definition) is 1. The van der Waals surface area contributed by atoms with Gasteiger partial charge in [-0.05, 0) is 30.8 Å². The van der Waals surface area contributed by atoms with Crippen LogP contribution in [0.25, 0.3) is 11.0 Å². The number of morpholine rings is 1. The second-order valence-electron chi connectivity index (χ2n) is 6.11. The monoisotopic (exact) mass is 318 g/mol. The lowest BCUT2D eigenvalue weighted by Gasteiger charge is -2.34. The highest BCUT2D eigenvalue weighted by atomic mass is 16.5. The van der Waals surface area contributed by atoms with Crippen molar-refractivity contribution in [2.24, 2.45) is 0 Å². The molecule has 124 valence electrons. The van der Waals surface area contributed by atoms with E-state index < -0.39 is 5.97 Å². The van der Waals surface area contributed by atoms with Gasteiger partial charge in [-0.25, -0.2) is 0 Å². The lowest BCUT2D eigenvalue weighted by Crippen LogP contribution is -2.47. The van der Waals surface area contributed by atoms with Crippen LogP contribution >= 0.6 is 0 Å². The van der Waals surface area contributed by atoms with Crippen molar-refractivity contribution in [3.8, 4) is 0 Å². The van der Waals surface area contributed by atoms with Crippen molar-refractivity contribution in [2.75, 3.05) is 39.8 Å². The molecule has 1 N–H and O–H groups in total. The molecule has 23 heavy (non-hydrogen) atoms. The Balaban J connectivity index is 1.56. The molecule has 1 aromatic carbocycles. The summed E-state index contributed by atoms with van der Waals surface area (Å²) in [4.78, 5) is 14.9. The number of carboxylic acid groups (broad SMARTS) is 1. The van der Waals surface area contributed by atoms with Crippen LogP contribution in [0, 0.1) is 0 Å². The highest BCUT2D eigenvalue weighted by molar-refractivity contribution is 5.77. The predicted molar refractivity (Wildman–Crippen MR) is 86.4 cm³/mol. The molecule has 1 fully saturated rings. The quantitative estimate of drug-likeness (QED) is 0.873. The van der Waals surface area contributed by atoms with E-state index in [1.54, 1.807) is 11.2 Å². The zero-order valence-corrected chi connectivity index (χ0v) is 13.3. The van der Waals surface area contributed by atoms with Crippen LogP contribution in [0.15, 0.2) is 34.9 Å². The summed E-state index contributed by atoms with van der Waals surface area (Å²) in [5.74, 6) is -0.811. The Bertz CT molecular complexity index is 669. The molecule has 1 aromatic heterocycles. The first-order valence-corrected chi connectivity index (χ1v) is 7.80. The molecule has 0 aliphatic carbocycles. The van der Waals surface area contributed by atoms with Crippen molar-refractivity contribution in [1.29, 1.82) is 0 Å². The largest absolute Gasteiger partial charge is 0.480 e. The summed E-state index contributed by atoms with van der Waals surface area (Å²) in [5, 5.41) is 9.95. The van der Waals surface area contributed by atoms with Gasteiger partial charge in [-0.1, -0.05) is 6.07 Å². The molecule has 6 heteroatoms. The van der Waals surface area contributed by atoms with E-state index in [2.05, 4.69) is 17.0 Å². The first kappa shape index (κ1) is 16.0. The number of carboxylic acids is 1. The summed E-state index contributed by atoms with van der Waals surface area (Å²) in [7, 11) is 1.81. The second-order valence-corrected chi connectivity index (χ2v) is 6.11. The van der Waals surface area contributed by atoms with Crippen molar-refractivity contribution in [3.05, 3.63) is 36.1 Å². The third-order valence-corrected chi connectivity index (χ3v) is 4.07. The van der Waals surface area contributed by atoms with Crippen molar-refractivity contribution in [1.82, 2.24) is 9.80 Å². The molecule has 6 nitrogen and oxygen atoms in total. The van der Waals surface area contributed by atoms with Gasteiger partial charge in [-0.2, -0.15) is 0 Å². The van der Waals surface area contributed by atoms with Crippen molar-refractivity contribution in [2.45, 2.75) is 12.6 Å². The Morgan fingerprint density at radius 2 is 2.30 bits per heavy atom.